The van der Waals surface area contributed by atoms with Crippen LogP contribution in [0.1, 0.15) is 46.3 Å². The van der Waals surface area contributed by atoms with Crippen molar-refractivity contribution >= 4 is 17.5 Å². The minimum Gasteiger partial charge on any atom is -0.369 e. The highest BCUT2D eigenvalue weighted by Crippen LogP contribution is 2.39. The Hall–Kier alpha value is -2.62. The molecular formula is C20H22N2O2. The highest BCUT2D eigenvalue weighted by Gasteiger charge is 2.36. The molecule has 0 fully saturated rings. The number of hydrogen-bond acceptors (Lipinski definition) is 2. The predicted molar refractivity (Wildman–Crippen MR) is 95.2 cm³/mol. The molecule has 0 aromatic heterocycles. The van der Waals surface area contributed by atoms with Crippen LogP contribution < -0.4 is 10.6 Å². The Bertz CT molecular complexity index is 813. The molecule has 4 nitrogen and oxygen atoms in total. The van der Waals surface area contributed by atoms with E-state index in [4.69, 9.17) is 5.73 Å². The Labute approximate surface area is 142 Å². The predicted octanol–water partition coefficient (Wildman–Crippen LogP) is 3.31. The van der Waals surface area contributed by atoms with Crippen LogP contribution in [0.2, 0.25) is 0 Å². The molecule has 124 valence electrons. The average molecular weight is 322 g/mol. The Morgan fingerprint density at radius 1 is 1.08 bits per heavy atom. The van der Waals surface area contributed by atoms with Crippen molar-refractivity contribution in [3.8, 4) is 0 Å². The van der Waals surface area contributed by atoms with Gasteiger partial charge in [0.15, 0.2) is 0 Å². The zero-order valence-electron chi connectivity index (χ0n) is 14.2. The van der Waals surface area contributed by atoms with Crippen molar-refractivity contribution in [1.29, 1.82) is 0 Å². The third-order valence-corrected chi connectivity index (χ3v) is 4.99. The van der Waals surface area contributed by atoms with Crippen LogP contribution in [-0.4, -0.2) is 17.9 Å². The summed E-state index contributed by atoms with van der Waals surface area (Å²) in [5.41, 5.74) is 9.98. The van der Waals surface area contributed by atoms with Gasteiger partial charge in [0, 0.05) is 17.3 Å². The number of primary amides is 1. The third kappa shape index (κ3) is 2.58. The van der Waals surface area contributed by atoms with Crippen molar-refractivity contribution in [2.24, 2.45) is 5.73 Å². The minimum absolute atomic E-state index is 0.0286. The lowest BCUT2D eigenvalue weighted by Crippen LogP contribution is -2.45. The molecule has 0 radical (unpaired) electrons. The molecule has 2 N–H and O–H groups in total. The number of hydrogen-bond donors (Lipinski definition) is 1. The number of anilines is 1. The highest BCUT2D eigenvalue weighted by molar-refractivity contribution is 6.09. The first-order valence-corrected chi connectivity index (χ1v) is 8.19. The Kier molecular flexibility index (Phi) is 4.14. The number of aryl methyl sites for hydroxylation is 1. The number of rotatable bonds is 2. The van der Waals surface area contributed by atoms with Crippen molar-refractivity contribution in [2.75, 3.05) is 4.90 Å². The standard InChI is InChI=1S/C20H22N2O2/c1-12-7-6-9-15(14(12)3)20(24)22-13(2)11-17(19(21)23)16-8-4-5-10-18(16)22/h4-10,13,17H,11H2,1-3H3,(H2,21,23)/t13-,17-/m0/s1. The van der Waals surface area contributed by atoms with Gasteiger partial charge in [-0.1, -0.05) is 30.3 Å². The number of nitrogens with two attached hydrogens (primary N) is 1. The molecule has 0 spiro atoms. The lowest BCUT2D eigenvalue weighted by molar-refractivity contribution is -0.119. The number of benzene rings is 2. The topological polar surface area (TPSA) is 63.4 Å². The number of carbonyl (C=O) groups is 2. The van der Waals surface area contributed by atoms with E-state index in [-0.39, 0.29) is 23.8 Å². The maximum absolute atomic E-state index is 13.2. The number of fused-ring (bicyclic) bond motifs is 1. The zero-order valence-corrected chi connectivity index (χ0v) is 14.2. The molecule has 1 aliphatic heterocycles. The molecule has 0 aliphatic carbocycles. The van der Waals surface area contributed by atoms with E-state index in [1.807, 2.05) is 63.2 Å². The summed E-state index contributed by atoms with van der Waals surface area (Å²) in [7, 11) is 0. The molecular weight excluding hydrogens is 300 g/mol. The quantitative estimate of drug-likeness (QED) is 0.922. The first-order valence-electron chi connectivity index (χ1n) is 8.19. The monoisotopic (exact) mass is 322 g/mol. The lowest BCUT2D eigenvalue weighted by Gasteiger charge is -2.38. The van der Waals surface area contributed by atoms with Gasteiger partial charge < -0.3 is 10.6 Å². The highest BCUT2D eigenvalue weighted by atomic mass is 16.2. The molecule has 0 unspecified atom stereocenters. The molecule has 2 atom stereocenters. The van der Waals surface area contributed by atoms with Gasteiger partial charge in [0.05, 0.1) is 5.92 Å². The first-order chi connectivity index (χ1) is 11.4. The van der Waals surface area contributed by atoms with E-state index in [9.17, 15) is 9.59 Å². The van der Waals surface area contributed by atoms with E-state index in [2.05, 4.69) is 0 Å². The van der Waals surface area contributed by atoms with Crippen molar-refractivity contribution in [3.63, 3.8) is 0 Å². The smallest absolute Gasteiger partial charge is 0.258 e. The summed E-state index contributed by atoms with van der Waals surface area (Å²) in [5.74, 6) is -0.717. The van der Waals surface area contributed by atoms with Gasteiger partial charge in [-0.25, -0.2) is 0 Å². The summed E-state index contributed by atoms with van der Waals surface area (Å²) in [6.45, 7) is 5.94. The summed E-state index contributed by atoms with van der Waals surface area (Å²) < 4.78 is 0. The van der Waals surface area contributed by atoms with Crippen molar-refractivity contribution in [2.45, 2.75) is 39.2 Å². The zero-order chi connectivity index (χ0) is 17.4. The second kappa shape index (κ2) is 6.11. The molecule has 1 aliphatic rings. The molecule has 0 bridgehead atoms. The summed E-state index contributed by atoms with van der Waals surface area (Å²) in [5, 5.41) is 0. The lowest BCUT2D eigenvalue weighted by atomic mass is 9.85. The molecule has 3 rings (SSSR count). The Morgan fingerprint density at radius 3 is 2.50 bits per heavy atom. The number of nitrogens with zero attached hydrogens (tertiary/aromatic N) is 1. The Balaban J connectivity index is 2.10. The van der Waals surface area contributed by atoms with Crippen molar-refractivity contribution in [3.05, 3.63) is 64.7 Å². The molecule has 2 aromatic rings. The van der Waals surface area contributed by atoms with E-state index in [1.54, 1.807) is 4.90 Å². The third-order valence-electron chi connectivity index (χ3n) is 4.99. The van der Waals surface area contributed by atoms with Crippen LogP contribution in [-0.2, 0) is 4.79 Å². The molecule has 24 heavy (non-hydrogen) atoms. The fourth-order valence-corrected chi connectivity index (χ4v) is 3.50. The fourth-order valence-electron chi connectivity index (χ4n) is 3.50. The first kappa shape index (κ1) is 16.2. The van der Waals surface area contributed by atoms with Gasteiger partial charge in [0.2, 0.25) is 5.91 Å². The van der Waals surface area contributed by atoms with E-state index < -0.39 is 0 Å². The maximum atomic E-state index is 13.2. The van der Waals surface area contributed by atoms with Crippen LogP contribution in [0.25, 0.3) is 0 Å². The minimum atomic E-state index is -0.348. The summed E-state index contributed by atoms with van der Waals surface area (Å²) in [6.07, 6.45) is 0.545. The van der Waals surface area contributed by atoms with Crippen molar-refractivity contribution in [1.82, 2.24) is 0 Å². The summed E-state index contributed by atoms with van der Waals surface area (Å²) >= 11 is 0. The van der Waals surface area contributed by atoms with Crippen molar-refractivity contribution < 1.29 is 9.59 Å². The van der Waals surface area contributed by atoms with E-state index >= 15 is 0 Å². The van der Waals surface area contributed by atoms with E-state index in [0.29, 0.717) is 12.0 Å². The second-order valence-electron chi connectivity index (χ2n) is 6.52. The van der Waals surface area contributed by atoms with Gasteiger partial charge >= 0.3 is 0 Å². The fraction of sp³-hybridized carbons (Fsp3) is 0.300. The van der Waals surface area contributed by atoms with Crippen LogP contribution in [0.5, 0.6) is 0 Å². The second-order valence-corrected chi connectivity index (χ2v) is 6.52. The molecule has 0 saturated heterocycles. The molecule has 4 heteroatoms. The van der Waals surface area contributed by atoms with Crippen LogP contribution >= 0.6 is 0 Å². The largest absolute Gasteiger partial charge is 0.369 e. The van der Waals surface area contributed by atoms with Gasteiger partial charge in [-0.2, -0.15) is 0 Å². The van der Waals surface area contributed by atoms with Crippen LogP contribution in [0.4, 0.5) is 5.69 Å². The van der Waals surface area contributed by atoms with Gasteiger partial charge in [0.25, 0.3) is 5.91 Å². The van der Waals surface area contributed by atoms with Crippen LogP contribution in [0.3, 0.4) is 0 Å². The van der Waals surface area contributed by atoms with Gasteiger partial charge in [-0.3, -0.25) is 9.59 Å². The molecule has 2 aromatic carbocycles. The number of para-hydroxylation sites is 1. The molecule has 2 amide bonds. The van der Waals surface area contributed by atoms with Crippen LogP contribution in [0, 0.1) is 13.8 Å². The summed E-state index contributed by atoms with van der Waals surface area (Å²) in [4.78, 5) is 26.9. The van der Waals surface area contributed by atoms with E-state index in [0.717, 1.165) is 22.4 Å². The van der Waals surface area contributed by atoms with Crippen LogP contribution in [0.15, 0.2) is 42.5 Å². The number of amides is 2. The number of carbonyl (C=O) groups excluding carboxylic acids is 2. The SMILES string of the molecule is Cc1cccc(C(=O)N2c3ccccc3[C@@H](C(N)=O)C[C@@H]2C)c1C. The summed E-state index contributed by atoms with van der Waals surface area (Å²) in [6, 6.07) is 13.2. The molecule has 1 heterocycles. The van der Waals surface area contributed by atoms with Gasteiger partial charge in [0.1, 0.15) is 0 Å². The Morgan fingerprint density at radius 2 is 1.79 bits per heavy atom. The van der Waals surface area contributed by atoms with E-state index in [1.165, 1.54) is 0 Å². The van der Waals surface area contributed by atoms with Gasteiger partial charge in [-0.05, 0) is 56.0 Å². The molecule has 0 saturated carbocycles. The average Bonchev–Trinajstić information content (AvgIpc) is 2.56. The van der Waals surface area contributed by atoms with Gasteiger partial charge in [-0.15, -0.1) is 0 Å². The maximum Gasteiger partial charge on any atom is 0.258 e. The normalized spacial score (nSPS) is 19.7.